The van der Waals surface area contributed by atoms with Gasteiger partial charge in [-0.15, -0.1) is 0 Å². The number of rotatable bonds is 9. The molecule has 0 aromatic heterocycles. The van der Waals surface area contributed by atoms with Crippen molar-refractivity contribution in [3.8, 4) is 0 Å². The van der Waals surface area contributed by atoms with E-state index in [9.17, 15) is 9.59 Å². The van der Waals surface area contributed by atoms with Gasteiger partial charge in [-0.1, -0.05) is 70.4 Å². The minimum Gasteiger partial charge on any atom is -0.320 e. The zero-order chi connectivity index (χ0) is 17.2. The highest BCUT2D eigenvalue weighted by atomic mass is 16.2. The van der Waals surface area contributed by atoms with Crippen LogP contribution in [0.3, 0.4) is 0 Å². The van der Waals surface area contributed by atoms with Gasteiger partial charge in [0.05, 0.1) is 6.04 Å². The fraction of sp³-hybridized carbons (Fsp3) is 0.579. The summed E-state index contributed by atoms with van der Waals surface area (Å²) in [6.07, 6.45) is 4.24. The highest BCUT2D eigenvalue weighted by molar-refractivity contribution is 5.98. The van der Waals surface area contributed by atoms with Gasteiger partial charge in [0.1, 0.15) is 0 Å². The van der Waals surface area contributed by atoms with Crippen LogP contribution in [0.25, 0.3) is 0 Å². The molecule has 1 aromatic rings. The summed E-state index contributed by atoms with van der Waals surface area (Å²) in [6.45, 7) is 6.01. The van der Waals surface area contributed by atoms with E-state index in [0.29, 0.717) is 6.42 Å². The molecule has 0 saturated heterocycles. The van der Waals surface area contributed by atoms with E-state index in [1.165, 1.54) is 0 Å². The Hall–Kier alpha value is -1.68. The summed E-state index contributed by atoms with van der Waals surface area (Å²) in [4.78, 5) is 24.6. The number of benzene rings is 1. The topological polar surface area (TPSA) is 72.2 Å². The van der Waals surface area contributed by atoms with E-state index in [1.54, 1.807) is 0 Å². The van der Waals surface area contributed by atoms with E-state index in [1.807, 2.05) is 44.2 Å². The lowest BCUT2D eigenvalue weighted by Gasteiger charge is -2.20. The predicted octanol–water partition coefficient (Wildman–Crippen LogP) is 3.05. The first kappa shape index (κ1) is 19.4. The Bertz CT molecular complexity index is 487. The Kier molecular flexibility index (Phi) is 8.56. The number of amides is 2. The van der Waals surface area contributed by atoms with Crippen LogP contribution in [0.5, 0.6) is 0 Å². The number of carbonyl (C=O) groups excluding carboxylic acids is 2. The minimum atomic E-state index is -0.632. The zero-order valence-corrected chi connectivity index (χ0v) is 14.5. The molecule has 4 nitrogen and oxygen atoms in total. The second kappa shape index (κ2) is 10.2. The first-order valence-electron chi connectivity index (χ1n) is 8.63. The molecule has 1 rings (SSSR count). The SMILES string of the molecule is CCCCC(Cc1ccccc1)C(=O)NC(=O)[C@@H](N)[C@@H](C)CC. The Morgan fingerprint density at radius 1 is 1.13 bits per heavy atom. The first-order valence-corrected chi connectivity index (χ1v) is 8.63. The van der Waals surface area contributed by atoms with Gasteiger partial charge < -0.3 is 5.73 Å². The number of hydrogen-bond acceptors (Lipinski definition) is 3. The average molecular weight is 318 g/mol. The molecule has 0 fully saturated rings. The molecule has 0 heterocycles. The molecule has 23 heavy (non-hydrogen) atoms. The van der Waals surface area contributed by atoms with Gasteiger partial charge in [-0.3, -0.25) is 14.9 Å². The minimum absolute atomic E-state index is 0.0611. The summed E-state index contributed by atoms with van der Waals surface area (Å²) < 4.78 is 0. The van der Waals surface area contributed by atoms with Crippen LogP contribution in [0.4, 0.5) is 0 Å². The summed E-state index contributed by atoms with van der Waals surface area (Å²) in [5.41, 5.74) is 7.02. The van der Waals surface area contributed by atoms with Crippen LogP contribution in [0.2, 0.25) is 0 Å². The van der Waals surface area contributed by atoms with Crippen molar-refractivity contribution in [3.05, 3.63) is 35.9 Å². The highest BCUT2D eigenvalue weighted by Gasteiger charge is 2.25. The Morgan fingerprint density at radius 3 is 2.35 bits per heavy atom. The van der Waals surface area contributed by atoms with Gasteiger partial charge in [-0.25, -0.2) is 0 Å². The third-order valence-electron chi connectivity index (χ3n) is 4.41. The van der Waals surface area contributed by atoms with Crippen LogP contribution in [0, 0.1) is 11.8 Å². The van der Waals surface area contributed by atoms with Crippen molar-refractivity contribution < 1.29 is 9.59 Å². The highest BCUT2D eigenvalue weighted by Crippen LogP contribution is 2.16. The molecule has 0 aliphatic rings. The van der Waals surface area contributed by atoms with E-state index in [-0.39, 0.29) is 23.7 Å². The lowest BCUT2D eigenvalue weighted by Crippen LogP contribution is -2.48. The van der Waals surface area contributed by atoms with Crippen molar-refractivity contribution in [2.24, 2.45) is 17.6 Å². The molecule has 1 aromatic carbocycles. The Labute approximate surface area is 139 Å². The lowest BCUT2D eigenvalue weighted by molar-refractivity contribution is -0.134. The number of imide groups is 1. The van der Waals surface area contributed by atoms with Crippen LogP contribution >= 0.6 is 0 Å². The lowest BCUT2D eigenvalue weighted by atomic mass is 9.92. The quantitative estimate of drug-likeness (QED) is 0.735. The van der Waals surface area contributed by atoms with Crippen LogP contribution in [-0.4, -0.2) is 17.9 Å². The van der Waals surface area contributed by atoms with E-state index < -0.39 is 6.04 Å². The van der Waals surface area contributed by atoms with Crippen molar-refractivity contribution in [3.63, 3.8) is 0 Å². The van der Waals surface area contributed by atoms with E-state index in [4.69, 9.17) is 5.73 Å². The second-order valence-corrected chi connectivity index (χ2v) is 6.29. The normalized spacial score (nSPS) is 14.8. The molecule has 0 radical (unpaired) electrons. The molecule has 0 saturated carbocycles. The molecule has 0 bridgehead atoms. The molecular formula is C19H30N2O2. The fourth-order valence-corrected chi connectivity index (χ4v) is 2.49. The summed E-state index contributed by atoms with van der Waals surface area (Å²) in [5.74, 6) is -0.693. The maximum atomic E-state index is 12.5. The molecule has 0 aliphatic heterocycles. The van der Waals surface area contributed by atoms with Gasteiger partial charge in [0.25, 0.3) is 0 Å². The van der Waals surface area contributed by atoms with Crippen molar-refractivity contribution >= 4 is 11.8 Å². The molecule has 0 aliphatic carbocycles. The van der Waals surface area contributed by atoms with Gasteiger partial charge in [-0.2, -0.15) is 0 Å². The average Bonchev–Trinajstić information content (AvgIpc) is 2.57. The number of carbonyl (C=O) groups is 2. The van der Waals surface area contributed by atoms with Crippen molar-refractivity contribution in [2.75, 3.05) is 0 Å². The zero-order valence-electron chi connectivity index (χ0n) is 14.5. The van der Waals surface area contributed by atoms with Gasteiger partial charge in [0.2, 0.25) is 11.8 Å². The molecule has 1 unspecified atom stereocenters. The predicted molar refractivity (Wildman–Crippen MR) is 93.7 cm³/mol. The third-order valence-corrected chi connectivity index (χ3v) is 4.41. The second-order valence-electron chi connectivity index (χ2n) is 6.29. The number of hydrogen-bond donors (Lipinski definition) is 2. The summed E-state index contributed by atoms with van der Waals surface area (Å²) >= 11 is 0. The fourth-order valence-electron chi connectivity index (χ4n) is 2.49. The Balaban J connectivity index is 2.70. The van der Waals surface area contributed by atoms with Gasteiger partial charge in [0, 0.05) is 5.92 Å². The first-order chi connectivity index (χ1) is 11.0. The molecular weight excluding hydrogens is 288 g/mol. The maximum Gasteiger partial charge on any atom is 0.243 e. The van der Waals surface area contributed by atoms with Crippen molar-refractivity contribution in [2.45, 2.75) is 58.9 Å². The van der Waals surface area contributed by atoms with E-state index in [2.05, 4.69) is 12.2 Å². The standard InChI is InChI=1S/C19H30N2O2/c1-4-6-12-16(13-15-10-8-7-9-11-15)18(22)21-19(23)17(20)14(3)5-2/h7-11,14,16-17H,4-6,12-13,20H2,1-3H3,(H,21,22,23)/t14-,16?,17-/m0/s1. The number of nitrogens with one attached hydrogen (secondary N) is 1. The van der Waals surface area contributed by atoms with Crippen LogP contribution in [0.15, 0.2) is 30.3 Å². The van der Waals surface area contributed by atoms with Crippen LogP contribution in [-0.2, 0) is 16.0 Å². The van der Waals surface area contributed by atoms with Gasteiger partial charge >= 0.3 is 0 Å². The molecule has 2 amide bonds. The summed E-state index contributed by atoms with van der Waals surface area (Å²) in [5, 5.41) is 2.52. The van der Waals surface area contributed by atoms with Crippen molar-refractivity contribution in [1.82, 2.24) is 5.32 Å². The molecule has 3 atom stereocenters. The monoisotopic (exact) mass is 318 g/mol. The van der Waals surface area contributed by atoms with E-state index >= 15 is 0 Å². The number of nitrogens with two attached hydrogens (primary N) is 1. The van der Waals surface area contributed by atoms with E-state index in [0.717, 1.165) is 31.2 Å². The maximum absolute atomic E-state index is 12.5. The molecule has 3 N–H and O–H groups in total. The van der Waals surface area contributed by atoms with Crippen LogP contribution in [0.1, 0.15) is 52.0 Å². The summed E-state index contributed by atoms with van der Waals surface area (Å²) in [7, 11) is 0. The van der Waals surface area contributed by atoms with Crippen molar-refractivity contribution in [1.29, 1.82) is 0 Å². The van der Waals surface area contributed by atoms with Gasteiger partial charge in [-0.05, 0) is 24.3 Å². The smallest absolute Gasteiger partial charge is 0.243 e. The molecule has 128 valence electrons. The molecule has 0 spiro atoms. The largest absolute Gasteiger partial charge is 0.320 e. The third kappa shape index (κ3) is 6.53. The van der Waals surface area contributed by atoms with Gasteiger partial charge in [0.15, 0.2) is 0 Å². The number of unbranched alkanes of at least 4 members (excludes halogenated alkanes) is 1. The van der Waals surface area contributed by atoms with Crippen LogP contribution < -0.4 is 11.1 Å². The Morgan fingerprint density at radius 2 is 1.78 bits per heavy atom. The summed E-state index contributed by atoms with van der Waals surface area (Å²) in [6, 6.07) is 9.28. The molecule has 4 heteroatoms.